The summed E-state index contributed by atoms with van der Waals surface area (Å²) in [7, 11) is 0. The average Bonchev–Trinajstić information content (AvgIpc) is 2.63. The van der Waals surface area contributed by atoms with Gasteiger partial charge in [-0.3, -0.25) is 4.90 Å². The molecule has 0 saturated carbocycles. The Labute approximate surface area is 121 Å². The molecule has 1 aliphatic rings. The molecule has 1 aromatic rings. The molecule has 21 heavy (non-hydrogen) atoms. The van der Waals surface area contributed by atoms with E-state index in [0.29, 0.717) is 26.2 Å². The van der Waals surface area contributed by atoms with E-state index in [1.54, 1.807) is 0 Å². The molecule has 0 atom stereocenters. The van der Waals surface area contributed by atoms with Gasteiger partial charge in [-0.1, -0.05) is 0 Å². The zero-order valence-electron chi connectivity index (χ0n) is 11.6. The number of pyridine rings is 1. The summed E-state index contributed by atoms with van der Waals surface area (Å²) in [5.74, 6) is 0.129. The number of anilines is 2. The number of rotatable bonds is 3. The van der Waals surface area contributed by atoms with E-state index in [4.69, 9.17) is 10.8 Å². The summed E-state index contributed by atoms with van der Waals surface area (Å²) in [4.78, 5) is 7.91. The van der Waals surface area contributed by atoms with Crippen LogP contribution in [-0.2, 0) is 6.18 Å². The highest BCUT2D eigenvalue weighted by molar-refractivity contribution is 5.49. The Kier molecular flexibility index (Phi) is 4.89. The van der Waals surface area contributed by atoms with Crippen molar-refractivity contribution in [3.63, 3.8) is 0 Å². The SMILES string of the molecule is Nc1cc(C(F)(F)F)cc(N2CCCN(CCO)CC2)n1. The molecule has 1 aliphatic heterocycles. The standard InChI is InChI=1S/C13H19F3N4O/c14-13(15,16)10-8-11(17)18-12(9-10)20-3-1-2-19(4-5-20)6-7-21/h8-9,21H,1-7H2,(H2,17,18). The van der Waals surface area contributed by atoms with Gasteiger partial charge in [-0.05, 0) is 25.1 Å². The minimum atomic E-state index is -4.43. The van der Waals surface area contributed by atoms with Crippen LogP contribution in [0, 0.1) is 0 Å². The molecule has 0 unspecified atom stereocenters. The van der Waals surface area contributed by atoms with E-state index >= 15 is 0 Å². The zero-order valence-corrected chi connectivity index (χ0v) is 11.6. The molecule has 1 saturated heterocycles. The van der Waals surface area contributed by atoms with Crippen LogP contribution in [-0.4, -0.2) is 54.3 Å². The summed E-state index contributed by atoms with van der Waals surface area (Å²) in [5.41, 5.74) is 4.72. The molecular weight excluding hydrogens is 285 g/mol. The molecule has 5 nitrogen and oxygen atoms in total. The number of nitrogens with two attached hydrogens (primary N) is 1. The number of hydrogen-bond acceptors (Lipinski definition) is 5. The highest BCUT2D eigenvalue weighted by Gasteiger charge is 2.32. The zero-order chi connectivity index (χ0) is 15.5. The summed E-state index contributed by atoms with van der Waals surface area (Å²) in [5, 5.41) is 8.95. The number of aromatic nitrogens is 1. The molecule has 1 aromatic heterocycles. The van der Waals surface area contributed by atoms with Gasteiger partial charge in [0.15, 0.2) is 0 Å². The highest BCUT2D eigenvalue weighted by Crippen LogP contribution is 2.32. The lowest BCUT2D eigenvalue weighted by atomic mass is 10.2. The maximum absolute atomic E-state index is 12.8. The number of halogens is 3. The van der Waals surface area contributed by atoms with E-state index in [2.05, 4.69) is 9.88 Å². The lowest BCUT2D eigenvalue weighted by Gasteiger charge is -2.23. The predicted molar refractivity (Wildman–Crippen MR) is 74.0 cm³/mol. The number of nitrogens with zero attached hydrogens (tertiary/aromatic N) is 3. The molecule has 0 aliphatic carbocycles. The molecular formula is C13H19F3N4O. The summed E-state index contributed by atoms with van der Waals surface area (Å²) in [6.07, 6.45) is -3.63. The summed E-state index contributed by atoms with van der Waals surface area (Å²) in [6.45, 7) is 3.33. The number of nitrogen functional groups attached to an aromatic ring is 1. The molecule has 3 N–H and O–H groups in total. The van der Waals surface area contributed by atoms with Crippen molar-refractivity contribution in [3.05, 3.63) is 17.7 Å². The van der Waals surface area contributed by atoms with Crippen LogP contribution >= 0.6 is 0 Å². The van der Waals surface area contributed by atoms with Crippen LogP contribution in [0.15, 0.2) is 12.1 Å². The molecule has 0 spiro atoms. The van der Waals surface area contributed by atoms with Crippen molar-refractivity contribution in [2.24, 2.45) is 0 Å². The second-order valence-corrected chi connectivity index (χ2v) is 5.04. The molecule has 0 amide bonds. The van der Waals surface area contributed by atoms with Gasteiger partial charge in [0.1, 0.15) is 11.6 Å². The topological polar surface area (TPSA) is 65.6 Å². The molecule has 2 heterocycles. The molecule has 0 radical (unpaired) electrons. The lowest BCUT2D eigenvalue weighted by molar-refractivity contribution is -0.137. The second kappa shape index (κ2) is 6.48. The summed E-state index contributed by atoms with van der Waals surface area (Å²) >= 11 is 0. The van der Waals surface area contributed by atoms with E-state index in [-0.39, 0.29) is 18.2 Å². The third-order valence-electron chi connectivity index (χ3n) is 3.49. The van der Waals surface area contributed by atoms with Gasteiger partial charge < -0.3 is 15.7 Å². The Balaban J connectivity index is 2.16. The highest BCUT2D eigenvalue weighted by atomic mass is 19.4. The normalized spacial score (nSPS) is 17.8. The van der Waals surface area contributed by atoms with Gasteiger partial charge in [0, 0.05) is 26.2 Å². The first-order valence-corrected chi connectivity index (χ1v) is 6.83. The molecule has 0 bridgehead atoms. The molecule has 118 valence electrons. The molecule has 8 heteroatoms. The lowest BCUT2D eigenvalue weighted by Crippen LogP contribution is -2.33. The van der Waals surface area contributed by atoms with Gasteiger partial charge in [-0.15, -0.1) is 0 Å². The second-order valence-electron chi connectivity index (χ2n) is 5.04. The van der Waals surface area contributed by atoms with Crippen LogP contribution in [0.2, 0.25) is 0 Å². The third-order valence-corrected chi connectivity index (χ3v) is 3.49. The van der Waals surface area contributed by atoms with Gasteiger partial charge in [0.25, 0.3) is 0 Å². The van der Waals surface area contributed by atoms with E-state index in [1.165, 1.54) is 0 Å². The van der Waals surface area contributed by atoms with E-state index < -0.39 is 11.7 Å². The maximum atomic E-state index is 12.8. The third kappa shape index (κ3) is 4.21. The van der Waals surface area contributed by atoms with Gasteiger partial charge in [-0.25, -0.2) is 4.98 Å². The Morgan fingerprint density at radius 3 is 2.62 bits per heavy atom. The van der Waals surface area contributed by atoms with E-state index in [9.17, 15) is 13.2 Å². The Morgan fingerprint density at radius 2 is 1.95 bits per heavy atom. The van der Waals surface area contributed by atoms with Crippen LogP contribution < -0.4 is 10.6 Å². The Hall–Kier alpha value is -1.54. The first-order valence-electron chi connectivity index (χ1n) is 6.83. The van der Waals surface area contributed by atoms with Crippen molar-refractivity contribution in [1.82, 2.24) is 9.88 Å². The number of hydrogen-bond donors (Lipinski definition) is 2. The number of aliphatic hydroxyl groups is 1. The Morgan fingerprint density at radius 1 is 1.19 bits per heavy atom. The minimum absolute atomic E-state index is 0.0781. The van der Waals surface area contributed by atoms with Gasteiger partial charge in [0.05, 0.1) is 12.2 Å². The van der Waals surface area contributed by atoms with Crippen LogP contribution in [0.1, 0.15) is 12.0 Å². The average molecular weight is 304 g/mol. The number of β-amino-alcohol motifs (C(OH)–C–C–N with tert-alkyl or cyclic N) is 1. The predicted octanol–water partition coefficient (Wildman–Crippen LogP) is 1.19. The molecule has 0 aromatic carbocycles. The first-order chi connectivity index (χ1) is 9.90. The minimum Gasteiger partial charge on any atom is -0.395 e. The van der Waals surface area contributed by atoms with Crippen molar-refractivity contribution in [2.75, 3.05) is 50.0 Å². The van der Waals surface area contributed by atoms with Gasteiger partial charge >= 0.3 is 6.18 Å². The van der Waals surface area contributed by atoms with Crippen molar-refractivity contribution in [1.29, 1.82) is 0 Å². The van der Waals surface area contributed by atoms with Gasteiger partial charge in [-0.2, -0.15) is 13.2 Å². The number of aliphatic hydroxyl groups excluding tert-OH is 1. The van der Waals surface area contributed by atoms with Crippen molar-refractivity contribution >= 4 is 11.6 Å². The monoisotopic (exact) mass is 304 g/mol. The fourth-order valence-corrected chi connectivity index (χ4v) is 2.43. The fourth-order valence-electron chi connectivity index (χ4n) is 2.43. The molecule has 1 fully saturated rings. The summed E-state index contributed by atoms with van der Waals surface area (Å²) < 4.78 is 38.5. The Bertz CT molecular complexity index is 481. The van der Waals surface area contributed by atoms with E-state index in [0.717, 1.165) is 25.1 Å². The fraction of sp³-hybridized carbons (Fsp3) is 0.615. The van der Waals surface area contributed by atoms with Crippen molar-refractivity contribution < 1.29 is 18.3 Å². The summed E-state index contributed by atoms with van der Waals surface area (Å²) in [6, 6.07) is 1.89. The smallest absolute Gasteiger partial charge is 0.395 e. The quantitative estimate of drug-likeness (QED) is 0.878. The van der Waals surface area contributed by atoms with Crippen molar-refractivity contribution in [3.8, 4) is 0 Å². The first kappa shape index (κ1) is 15.8. The van der Waals surface area contributed by atoms with Crippen molar-refractivity contribution in [2.45, 2.75) is 12.6 Å². The van der Waals surface area contributed by atoms with Gasteiger partial charge in [0.2, 0.25) is 0 Å². The van der Waals surface area contributed by atoms with Crippen LogP contribution in [0.3, 0.4) is 0 Å². The number of alkyl halides is 3. The van der Waals surface area contributed by atoms with E-state index in [1.807, 2.05) is 4.90 Å². The molecule has 2 rings (SSSR count). The maximum Gasteiger partial charge on any atom is 0.416 e. The largest absolute Gasteiger partial charge is 0.416 e. The van der Waals surface area contributed by atoms with Crippen LogP contribution in [0.4, 0.5) is 24.8 Å². The van der Waals surface area contributed by atoms with Crippen LogP contribution in [0.5, 0.6) is 0 Å². The van der Waals surface area contributed by atoms with Crippen LogP contribution in [0.25, 0.3) is 0 Å².